The zero-order chi connectivity index (χ0) is 17.9. The predicted octanol–water partition coefficient (Wildman–Crippen LogP) is 3.93. The normalized spacial score (nSPS) is 13.2. The van der Waals surface area contributed by atoms with Crippen molar-refractivity contribution in [1.29, 1.82) is 5.26 Å². The molecule has 2 amide bonds. The Morgan fingerprint density at radius 2 is 2.08 bits per heavy atom. The second kappa shape index (κ2) is 11.0. The quantitative estimate of drug-likeness (QED) is 0.664. The number of anilines is 1. The number of urea groups is 1. The van der Waals surface area contributed by atoms with Gasteiger partial charge in [0.05, 0.1) is 11.8 Å². The summed E-state index contributed by atoms with van der Waals surface area (Å²) >= 11 is 1.60. The Kier molecular flexibility index (Phi) is 9.28. The van der Waals surface area contributed by atoms with Crippen molar-refractivity contribution in [3.63, 3.8) is 0 Å². The molecule has 0 unspecified atom stereocenters. The first kappa shape index (κ1) is 20.3. The van der Waals surface area contributed by atoms with E-state index in [2.05, 4.69) is 42.5 Å². The van der Waals surface area contributed by atoms with E-state index in [9.17, 15) is 4.79 Å². The van der Waals surface area contributed by atoms with Crippen LogP contribution in [0.4, 0.5) is 10.5 Å². The van der Waals surface area contributed by atoms with Crippen LogP contribution in [0, 0.1) is 11.3 Å². The largest absolute Gasteiger partial charge is 0.337 e. The predicted molar refractivity (Wildman–Crippen MR) is 101 cm³/mol. The topological polar surface area (TPSA) is 68.2 Å². The standard InChI is InChI=1S/C18H28N4OS/c1-5-14(2)22(4)13-12-20-18(23)21-16-8-6-7-9-17(16)24-15(3)10-11-19/h6-9,14-15H,5,10,12-13H2,1-4H3,(H2,20,21,23)/t14-,15+/m0/s1. The maximum Gasteiger partial charge on any atom is 0.319 e. The van der Waals surface area contributed by atoms with E-state index in [-0.39, 0.29) is 11.3 Å². The summed E-state index contributed by atoms with van der Waals surface area (Å²) in [5, 5.41) is 14.8. The maximum absolute atomic E-state index is 12.1. The molecule has 1 aromatic rings. The number of nitriles is 1. The molecule has 0 aliphatic rings. The minimum Gasteiger partial charge on any atom is -0.337 e. The lowest BCUT2D eigenvalue weighted by molar-refractivity contribution is 0.238. The van der Waals surface area contributed by atoms with E-state index >= 15 is 0 Å². The number of rotatable bonds is 9. The Morgan fingerprint density at radius 3 is 2.75 bits per heavy atom. The average molecular weight is 349 g/mol. The van der Waals surface area contributed by atoms with Crippen LogP contribution < -0.4 is 10.6 Å². The number of likely N-dealkylation sites (N-methyl/N-ethyl adjacent to an activating group) is 1. The number of para-hydroxylation sites is 1. The van der Waals surface area contributed by atoms with Crippen LogP contribution in [0.25, 0.3) is 0 Å². The first-order valence-electron chi connectivity index (χ1n) is 8.35. The molecular weight excluding hydrogens is 320 g/mol. The minimum absolute atomic E-state index is 0.185. The molecule has 0 aromatic heterocycles. The number of amides is 2. The maximum atomic E-state index is 12.1. The lowest BCUT2D eigenvalue weighted by atomic mass is 10.2. The number of hydrogen-bond donors (Lipinski definition) is 2. The summed E-state index contributed by atoms with van der Waals surface area (Å²) in [5.74, 6) is 0. The molecular formula is C18H28N4OS. The van der Waals surface area contributed by atoms with Crippen LogP contribution >= 0.6 is 11.8 Å². The van der Waals surface area contributed by atoms with Gasteiger partial charge < -0.3 is 15.5 Å². The van der Waals surface area contributed by atoms with Gasteiger partial charge in [0.25, 0.3) is 0 Å². The number of hydrogen-bond acceptors (Lipinski definition) is 4. The number of nitrogens with one attached hydrogen (secondary N) is 2. The lowest BCUT2D eigenvalue weighted by Gasteiger charge is -2.23. The average Bonchev–Trinajstić information content (AvgIpc) is 2.56. The first-order valence-corrected chi connectivity index (χ1v) is 9.23. The van der Waals surface area contributed by atoms with Crippen LogP contribution in [0.2, 0.25) is 0 Å². The number of carbonyl (C=O) groups is 1. The molecule has 0 bridgehead atoms. The number of thioether (sulfide) groups is 1. The van der Waals surface area contributed by atoms with Gasteiger partial charge in [-0.15, -0.1) is 11.8 Å². The molecule has 132 valence electrons. The highest BCUT2D eigenvalue weighted by Gasteiger charge is 2.11. The fourth-order valence-electron chi connectivity index (χ4n) is 2.10. The Morgan fingerprint density at radius 1 is 1.38 bits per heavy atom. The van der Waals surface area contributed by atoms with Crippen molar-refractivity contribution < 1.29 is 4.79 Å². The number of benzene rings is 1. The highest BCUT2D eigenvalue weighted by Crippen LogP contribution is 2.31. The summed E-state index contributed by atoms with van der Waals surface area (Å²) in [7, 11) is 2.07. The van der Waals surface area contributed by atoms with Crippen LogP contribution in [0.1, 0.15) is 33.6 Å². The van der Waals surface area contributed by atoms with Crippen LogP contribution in [0.15, 0.2) is 29.2 Å². The molecule has 0 fully saturated rings. The molecule has 0 radical (unpaired) electrons. The van der Waals surface area contributed by atoms with Crippen molar-refractivity contribution in [1.82, 2.24) is 10.2 Å². The lowest BCUT2D eigenvalue weighted by Crippen LogP contribution is -2.38. The van der Waals surface area contributed by atoms with Gasteiger partial charge in [-0.1, -0.05) is 26.0 Å². The number of carbonyl (C=O) groups excluding carboxylic acids is 1. The van der Waals surface area contributed by atoms with Crippen molar-refractivity contribution in [3.8, 4) is 6.07 Å². The molecule has 0 saturated heterocycles. The van der Waals surface area contributed by atoms with Crippen molar-refractivity contribution in [3.05, 3.63) is 24.3 Å². The summed E-state index contributed by atoms with van der Waals surface area (Å²) in [6.07, 6.45) is 1.57. The van der Waals surface area contributed by atoms with Gasteiger partial charge in [-0.05, 0) is 32.5 Å². The van der Waals surface area contributed by atoms with Crippen LogP contribution in [-0.2, 0) is 0 Å². The van der Waals surface area contributed by atoms with Crippen LogP contribution in [-0.4, -0.2) is 42.4 Å². The van der Waals surface area contributed by atoms with Gasteiger partial charge >= 0.3 is 6.03 Å². The summed E-state index contributed by atoms with van der Waals surface area (Å²) in [6.45, 7) is 7.76. The summed E-state index contributed by atoms with van der Waals surface area (Å²) < 4.78 is 0. The zero-order valence-corrected chi connectivity index (χ0v) is 15.8. The molecule has 5 nitrogen and oxygen atoms in total. The smallest absolute Gasteiger partial charge is 0.319 e. The fourth-order valence-corrected chi connectivity index (χ4v) is 3.10. The van der Waals surface area contributed by atoms with Gasteiger partial charge in [0, 0.05) is 35.7 Å². The Labute approximate surface area is 149 Å². The van der Waals surface area contributed by atoms with Crippen molar-refractivity contribution >= 4 is 23.5 Å². The van der Waals surface area contributed by atoms with E-state index in [1.54, 1.807) is 11.8 Å². The molecule has 0 aliphatic heterocycles. The molecule has 0 heterocycles. The fraction of sp³-hybridized carbons (Fsp3) is 0.556. The van der Waals surface area contributed by atoms with Gasteiger partial charge in [-0.25, -0.2) is 4.79 Å². The highest BCUT2D eigenvalue weighted by atomic mass is 32.2. The third-order valence-electron chi connectivity index (χ3n) is 3.94. The third kappa shape index (κ3) is 7.24. The number of nitrogens with zero attached hydrogens (tertiary/aromatic N) is 2. The van der Waals surface area contributed by atoms with Crippen LogP contribution in [0.5, 0.6) is 0 Å². The summed E-state index contributed by atoms with van der Waals surface area (Å²) in [4.78, 5) is 15.3. The van der Waals surface area contributed by atoms with Gasteiger partial charge in [0.1, 0.15) is 0 Å². The molecule has 2 atom stereocenters. The van der Waals surface area contributed by atoms with E-state index in [0.717, 1.165) is 23.5 Å². The monoisotopic (exact) mass is 348 g/mol. The molecule has 6 heteroatoms. The molecule has 0 saturated carbocycles. The van der Waals surface area contributed by atoms with Gasteiger partial charge in [0.15, 0.2) is 0 Å². The summed E-state index contributed by atoms with van der Waals surface area (Å²) in [6, 6.07) is 10.2. The van der Waals surface area contributed by atoms with Gasteiger partial charge in [-0.2, -0.15) is 5.26 Å². The molecule has 1 aromatic carbocycles. The second-order valence-electron chi connectivity index (χ2n) is 5.91. The van der Waals surface area contributed by atoms with E-state index in [1.165, 1.54) is 0 Å². The third-order valence-corrected chi connectivity index (χ3v) is 5.11. The molecule has 24 heavy (non-hydrogen) atoms. The Bertz CT molecular complexity index is 558. The molecule has 0 aliphatic carbocycles. The van der Waals surface area contributed by atoms with Crippen molar-refractivity contribution in [2.24, 2.45) is 0 Å². The van der Waals surface area contributed by atoms with Gasteiger partial charge in [0.2, 0.25) is 0 Å². The molecule has 1 rings (SSSR count). The van der Waals surface area contributed by atoms with E-state index in [1.807, 2.05) is 31.2 Å². The Balaban J connectivity index is 2.51. The Hall–Kier alpha value is -1.71. The SMILES string of the molecule is CC[C@H](C)N(C)CCNC(=O)Nc1ccccc1S[C@H](C)CC#N. The minimum atomic E-state index is -0.200. The van der Waals surface area contributed by atoms with E-state index < -0.39 is 0 Å². The highest BCUT2D eigenvalue weighted by molar-refractivity contribution is 8.00. The van der Waals surface area contributed by atoms with E-state index in [4.69, 9.17) is 5.26 Å². The molecule has 2 N–H and O–H groups in total. The second-order valence-corrected chi connectivity index (χ2v) is 7.39. The van der Waals surface area contributed by atoms with E-state index in [0.29, 0.717) is 19.0 Å². The van der Waals surface area contributed by atoms with Crippen molar-refractivity contribution in [2.45, 2.75) is 49.8 Å². The van der Waals surface area contributed by atoms with Gasteiger partial charge in [-0.3, -0.25) is 0 Å². The van der Waals surface area contributed by atoms with Crippen molar-refractivity contribution in [2.75, 3.05) is 25.5 Å². The first-order chi connectivity index (χ1) is 11.5. The zero-order valence-electron chi connectivity index (χ0n) is 15.0. The molecule has 0 spiro atoms. The summed E-state index contributed by atoms with van der Waals surface area (Å²) in [5.41, 5.74) is 0.778. The van der Waals surface area contributed by atoms with Crippen LogP contribution in [0.3, 0.4) is 0 Å².